The van der Waals surface area contributed by atoms with Gasteiger partial charge in [0, 0.05) is 17.8 Å². The van der Waals surface area contributed by atoms with Crippen LogP contribution in [0.15, 0.2) is 36.4 Å². The predicted octanol–water partition coefficient (Wildman–Crippen LogP) is 2.36. The van der Waals surface area contributed by atoms with Crippen molar-refractivity contribution in [1.29, 1.82) is 0 Å². The number of hydrogen-bond donors (Lipinski definition) is 1. The van der Waals surface area contributed by atoms with Gasteiger partial charge in [-0.05, 0) is 31.2 Å². The van der Waals surface area contributed by atoms with Crippen molar-refractivity contribution < 1.29 is 13.9 Å². The average molecular weight is 223 g/mol. The monoisotopic (exact) mass is 223 g/mol. The van der Waals surface area contributed by atoms with Crippen molar-refractivity contribution in [2.24, 2.45) is 0 Å². The number of anilines is 1. The molecule has 0 amide bonds. The maximum absolute atomic E-state index is 12.6. The van der Waals surface area contributed by atoms with Gasteiger partial charge >= 0.3 is 5.97 Å². The van der Waals surface area contributed by atoms with Gasteiger partial charge < -0.3 is 10.1 Å². The van der Waals surface area contributed by atoms with Crippen LogP contribution in [-0.4, -0.2) is 19.1 Å². The Labute approximate surface area is 93.9 Å². The number of benzene rings is 1. The molecular weight excluding hydrogens is 209 g/mol. The van der Waals surface area contributed by atoms with Crippen molar-refractivity contribution in [2.75, 3.05) is 18.5 Å². The van der Waals surface area contributed by atoms with E-state index in [1.165, 1.54) is 12.1 Å². The smallest absolute Gasteiger partial charge is 0.335 e. The maximum Gasteiger partial charge on any atom is 0.335 e. The molecule has 1 aromatic rings. The molecule has 0 bridgehead atoms. The summed E-state index contributed by atoms with van der Waals surface area (Å²) < 4.78 is 17.4. The van der Waals surface area contributed by atoms with Crippen molar-refractivity contribution in [3.63, 3.8) is 0 Å². The van der Waals surface area contributed by atoms with Gasteiger partial charge in [0.1, 0.15) is 5.82 Å². The highest BCUT2D eigenvalue weighted by molar-refractivity contribution is 5.88. The van der Waals surface area contributed by atoms with Crippen LogP contribution in [-0.2, 0) is 9.53 Å². The third-order valence-electron chi connectivity index (χ3n) is 1.91. The molecule has 0 unspecified atom stereocenters. The van der Waals surface area contributed by atoms with Gasteiger partial charge in [-0.15, -0.1) is 0 Å². The second-order valence-electron chi connectivity index (χ2n) is 3.18. The van der Waals surface area contributed by atoms with Crippen LogP contribution in [0.3, 0.4) is 0 Å². The molecule has 0 saturated heterocycles. The highest BCUT2D eigenvalue weighted by Gasteiger charge is 2.06. The molecule has 0 aliphatic carbocycles. The summed E-state index contributed by atoms with van der Waals surface area (Å²) in [7, 11) is 0. The summed E-state index contributed by atoms with van der Waals surface area (Å²) in [6.07, 6.45) is 0. The number of nitrogens with one attached hydrogen (secondary N) is 1. The van der Waals surface area contributed by atoms with Crippen molar-refractivity contribution >= 4 is 11.7 Å². The lowest BCUT2D eigenvalue weighted by atomic mass is 10.2. The molecule has 1 aromatic carbocycles. The van der Waals surface area contributed by atoms with Gasteiger partial charge in [0.05, 0.1) is 6.61 Å². The summed E-state index contributed by atoms with van der Waals surface area (Å²) in [6, 6.07) is 5.87. The molecule has 0 saturated carbocycles. The number of carbonyl (C=O) groups is 1. The van der Waals surface area contributed by atoms with Crippen molar-refractivity contribution in [2.45, 2.75) is 6.92 Å². The fourth-order valence-electron chi connectivity index (χ4n) is 1.08. The summed E-state index contributed by atoms with van der Waals surface area (Å²) in [4.78, 5) is 11.2. The van der Waals surface area contributed by atoms with Crippen LogP contribution in [0.1, 0.15) is 6.92 Å². The first kappa shape index (κ1) is 12.2. The first-order valence-corrected chi connectivity index (χ1v) is 4.98. The summed E-state index contributed by atoms with van der Waals surface area (Å²) in [5.74, 6) is -0.716. The largest absolute Gasteiger partial charge is 0.463 e. The molecule has 1 rings (SSSR count). The molecule has 0 heterocycles. The van der Waals surface area contributed by atoms with Crippen LogP contribution >= 0.6 is 0 Å². The van der Waals surface area contributed by atoms with Crippen LogP contribution in [0.2, 0.25) is 0 Å². The number of halogens is 1. The van der Waals surface area contributed by atoms with Crippen LogP contribution in [0, 0.1) is 5.82 Å². The molecule has 16 heavy (non-hydrogen) atoms. The number of esters is 1. The van der Waals surface area contributed by atoms with Crippen molar-refractivity contribution in [3.05, 3.63) is 42.2 Å². The van der Waals surface area contributed by atoms with Gasteiger partial charge in [-0.25, -0.2) is 9.18 Å². The van der Waals surface area contributed by atoms with E-state index in [9.17, 15) is 9.18 Å². The quantitative estimate of drug-likeness (QED) is 0.615. The second-order valence-corrected chi connectivity index (χ2v) is 3.18. The lowest BCUT2D eigenvalue weighted by molar-refractivity contribution is -0.138. The Morgan fingerprint density at radius 1 is 1.44 bits per heavy atom. The molecule has 0 aromatic heterocycles. The van der Waals surface area contributed by atoms with Gasteiger partial charge in [0.2, 0.25) is 0 Å². The first-order valence-electron chi connectivity index (χ1n) is 4.98. The zero-order chi connectivity index (χ0) is 12.0. The van der Waals surface area contributed by atoms with Gasteiger partial charge in [0.25, 0.3) is 0 Å². The van der Waals surface area contributed by atoms with Gasteiger partial charge in [-0.3, -0.25) is 0 Å². The summed E-state index contributed by atoms with van der Waals surface area (Å²) >= 11 is 0. The minimum atomic E-state index is -0.419. The number of carbonyl (C=O) groups excluding carboxylic acids is 1. The summed E-state index contributed by atoms with van der Waals surface area (Å²) in [6.45, 7) is 5.94. The number of ether oxygens (including phenoxy) is 1. The Bertz CT molecular complexity index is 373. The first-order chi connectivity index (χ1) is 7.63. The SMILES string of the molecule is C=C(CNc1ccc(F)cc1)C(=O)OCC. The Kier molecular flexibility index (Phi) is 4.51. The lowest BCUT2D eigenvalue weighted by Crippen LogP contribution is -2.14. The number of hydrogen-bond acceptors (Lipinski definition) is 3. The van der Waals surface area contributed by atoms with E-state index in [0.29, 0.717) is 12.2 Å². The highest BCUT2D eigenvalue weighted by atomic mass is 19.1. The molecule has 1 N–H and O–H groups in total. The molecule has 0 fully saturated rings. The van der Waals surface area contributed by atoms with Crippen LogP contribution < -0.4 is 5.32 Å². The van der Waals surface area contributed by atoms with E-state index >= 15 is 0 Å². The van der Waals surface area contributed by atoms with Crippen LogP contribution in [0.4, 0.5) is 10.1 Å². The van der Waals surface area contributed by atoms with Crippen LogP contribution in [0.5, 0.6) is 0 Å². The van der Waals surface area contributed by atoms with Crippen molar-refractivity contribution in [1.82, 2.24) is 0 Å². The van der Waals surface area contributed by atoms with E-state index in [1.54, 1.807) is 19.1 Å². The molecule has 3 nitrogen and oxygen atoms in total. The third kappa shape index (κ3) is 3.73. The van der Waals surface area contributed by atoms with E-state index in [-0.39, 0.29) is 12.4 Å². The van der Waals surface area contributed by atoms with Gasteiger partial charge in [-0.1, -0.05) is 6.58 Å². The molecule has 0 aliphatic heterocycles. The minimum Gasteiger partial charge on any atom is -0.463 e. The molecule has 0 spiro atoms. The normalized spacial score (nSPS) is 9.62. The summed E-state index contributed by atoms with van der Waals surface area (Å²) in [5, 5.41) is 2.94. The van der Waals surface area contributed by atoms with E-state index < -0.39 is 5.97 Å². The van der Waals surface area contributed by atoms with E-state index in [4.69, 9.17) is 4.74 Å². The maximum atomic E-state index is 12.6. The van der Waals surface area contributed by atoms with Gasteiger partial charge in [-0.2, -0.15) is 0 Å². The Hall–Kier alpha value is -1.84. The molecule has 0 aliphatic rings. The Balaban J connectivity index is 2.42. The topological polar surface area (TPSA) is 38.3 Å². The average Bonchev–Trinajstić information content (AvgIpc) is 2.28. The summed E-state index contributed by atoms with van der Waals surface area (Å²) in [5.41, 5.74) is 1.07. The van der Waals surface area contributed by atoms with E-state index in [0.717, 1.165) is 5.69 Å². The number of rotatable bonds is 5. The van der Waals surface area contributed by atoms with E-state index in [2.05, 4.69) is 11.9 Å². The molecule has 0 radical (unpaired) electrons. The van der Waals surface area contributed by atoms with Gasteiger partial charge in [0.15, 0.2) is 0 Å². The Morgan fingerprint density at radius 3 is 2.62 bits per heavy atom. The standard InChI is InChI=1S/C12H14FNO2/c1-3-16-12(15)9(2)8-14-11-6-4-10(13)5-7-11/h4-7,14H,2-3,8H2,1H3. The molecule has 4 heteroatoms. The van der Waals surface area contributed by atoms with E-state index in [1.807, 2.05) is 0 Å². The zero-order valence-corrected chi connectivity index (χ0v) is 9.13. The van der Waals surface area contributed by atoms with Crippen LogP contribution in [0.25, 0.3) is 0 Å². The molecule has 0 atom stereocenters. The molecular formula is C12H14FNO2. The lowest BCUT2D eigenvalue weighted by Gasteiger charge is -2.08. The zero-order valence-electron chi connectivity index (χ0n) is 9.13. The second kappa shape index (κ2) is 5.90. The molecule has 86 valence electrons. The minimum absolute atomic E-state index is 0.282. The fraction of sp³-hybridized carbons (Fsp3) is 0.250. The third-order valence-corrected chi connectivity index (χ3v) is 1.91. The fourth-order valence-corrected chi connectivity index (χ4v) is 1.08. The highest BCUT2D eigenvalue weighted by Crippen LogP contribution is 2.08. The Morgan fingerprint density at radius 2 is 2.06 bits per heavy atom. The predicted molar refractivity (Wildman–Crippen MR) is 60.7 cm³/mol. The van der Waals surface area contributed by atoms with Crippen molar-refractivity contribution in [3.8, 4) is 0 Å².